The van der Waals surface area contributed by atoms with E-state index in [2.05, 4.69) is 39.5 Å². The van der Waals surface area contributed by atoms with Gasteiger partial charge in [0.05, 0.1) is 0 Å². The van der Waals surface area contributed by atoms with E-state index in [1.54, 1.807) is 10.8 Å². The van der Waals surface area contributed by atoms with Crippen molar-refractivity contribution in [3.8, 4) is 11.8 Å². The Bertz CT molecular complexity index is 184. The summed E-state index contributed by atoms with van der Waals surface area (Å²) in [6.07, 6.45) is 0. The molecule has 0 fully saturated rings. The van der Waals surface area contributed by atoms with Crippen LogP contribution in [-0.2, 0) is 4.74 Å². The Morgan fingerprint density at radius 2 is 2.00 bits per heavy atom. The molecule has 0 amide bonds. The predicted octanol–water partition coefficient (Wildman–Crippen LogP) is 3.18. The Hall–Kier alpha value is 0.285. The van der Waals surface area contributed by atoms with E-state index in [0.717, 1.165) is 11.8 Å². The molecule has 0 aliphatic carbocycles. The van der Waals surface area contributed by atoms with Gasteiger partial charge >= 0.3 is 0 Å². The zero-order valence-electron chi connectivity index (χ0n) is 9.50. The van der Waals surface area contributed by atoms with Crippen LogP contribution in [-0.4, -0.2) is 19.1 Å². The van der Waals surface area contributed by atoms with Gasteiger partial charge < -0.3 is 4.74 Å². The van der Waals surface area contributed by atoms with Gasteiger partial charge in [-0.05, 0) is 0 Å². The molecule has 0 aliphatic rings. The first kappa shape index (κ1) is 14.3. The first-order valence-electron chi connectivity index (χ1n) is 4.93. The molecule has 0 aromatic heterocycles. The average Bonchev–Trinajstić information content (AvgIpc) is 2.08. The maximum absolute atomic E-state index is 5.33. The van der Waals surface area contributed by atoms with E-state index in [-0.39, 0.29) is 0 Å². The highest BCUT2D eigenvalue weighted by molar-refractivity contribution is 8.85. The van der Waals surface area contributed by atoms with Crippen LogP contribution < -0.4 is 0 Å². The summed E-state index contributed by atoms with van der Waals surface area (Å²) in [5.41, 5.74) is 0. The first-order chi connectivity index (χ1) is 6.63. The zero-order valence-corrected chi connectivity index (χ0v) is 11.1. The average molecular weight is 230 g/mol. The van der Waals surface area contributed by atoms with Crippen LogP contribution in [0.1, 0.15) is 27.7 Å². The molecule has 4 heteroatoms. The summed E-state index contributed by atoms with van der Waals surface area (Å²) in [7, 11) is 3.64. The van der Waals surface area contributed by atoms with Gasteiger partial charge in [-0.1, -0.05) is 56.1 Å². The third kappa shape index (κ3) is 12.3. The van der Waals surface area contributed by atoms with Crippen molar-refractivity contribution in [3.05, 3.63) is 0 Å². The van der Waals surface area contributed by atoms with Crippen molar-refractivity contribution >= 4 is 28.0 Å². The third-order valence-corrected chi connectivity index (χ3v) is 3.61. The van der Waals surface area contributed by atoms with E-state index in [9.17, 15) is 0 Å². The largest absolute Gasteiger partial charge is 0.357 e. The van der Waals surface area contributed by atoms with E-state index in [0.29, 0.717) is 12.5 Å². The summed E-state index contributed by atoms with van der Waals surface area (Å²) < 4.78 is 5.33. The Morgan fingerprint density at radius 1 is 1.29 bits per heavy atom. The minimum Gasteiger partial charge on any atom is -0.357 e. The normalized spacial score (nSPS) is 10.1. The van der Waals surface area contributed by atoms with Crippen LogP contribution in [0.2, 0.25) is 5.82 Å². The predicted molar refractivity (Wildman–Crippen MR) is 70.9 cm³/mol. The first-order valence-corrected chi connectivity index (χ1v) is 7.42. The highest BCUT2D eigenvalue weighted by Gasteiger charge is 1.97. The van der Waals surface area contributed by atoms with E-state index >= 15 is 0 Å². The van der Waals surface area contributed by atoms with Gasteiger partial charge in [-0.2, -0.15) is 0 Å². The third-order valence-electron chi connectivity index (χ3n) is 1.18. The molecule has 0 spiro atoms. The lowest BCUT2D eigenvalue weighted by Crippen LogP contribution is -1.92. The topological polar surface area (TPSA) is 9.23 Å². The van der Waals surface area contributed by atoms with Crippen molar-refractivity contribution in [3.63, 3.8) is 0 Å². The molecule has 0 unspecified atom stereocenters. The molecule has 0 N–H and O–H groups in total. The highest BCUT2D eigenvalue weighted by atomic mass is 33.1. The molecule has 0 rings (SSSR count). The van der Waals surface area contributed by atoms with Gasteiger partial charge in [0.1, 0.15) is 12.5 Å². The maximum Gasteiger partial charge on any atom is 0.208 e. The van der Waals surface area contributed by atoms with Crippen LogP contribution in [0.3, 0.4) is 0 Å². The molecule has 0 aromatic rings. The van der Waals surface area contributed by atoms with E-state index < -0.39 is 0 Å². The zero-order chi connectivity index (χ0) is 10.8. The molecule has 80 valence electrons. The second kappa shape index (κ2) is 9.83. The SMILES string of the molecule is CC(C)BSSCOCC#CC(C)C. The van der Waals surface area contributed by atoms with Crippen molar-refractivity contribution in [2.24, 2.45) is 5.92 Å². The van der Waals surface area contributed by atoms with Gasteiger partial charge in [-0.3, -0.25) is 0 Å². The van der Waals surface area contributed by atoms with Gasteiger partial charge in [-0.25, -0.2) is 0 Å². The minimum absolute atomic E-state index is 0.446. The van der Waals surface area contributed by atoms with E-state index in [4.69, 9.17) is 4.74 Å². The van der Waals surface area contributed by atoms with Crippen LogP contribution in [0, 0.1) is 17.8 Å². The molecule has 0 bridgehead atoms. The van der Waals surface area contributed by atoms with Gasteiger partial charge in [-0.15, -0.1) is 10.6 Å². The van der Waals surface area contributed by atoms with Gasteiger partial charge in [0.2, 0.25) is 6.56 Å². The standard InChI is InChI=1S/C10H19BOS2/c1-9(2)6-5-7-12-8-13-14-11-10(3)4/h9-11H,7-8H2,1-4H3. The van der Waals surface area contributed by atoms with Crippen molar-refractivity contribution < 1.29 is 4.74 Å². The monoisotopic (exact) mass is 230 g/mol. The summed E-state index contributed by atoms with van der Waals surface area (Å²) in [6.45, 7) is 10.4. The van der Waals surface area contributed by atoms with Gasteiger partial charge in [0, 0.05) is 5.92 Å². The molecule has 0 saturated carbocycles. The lowest BCUT2D eigenvalue weighted by molar-refractivity contribution is 0.223. The number of ether oxygens (including phenoxy) is 1. The van der Waals surface area contributed by atoms with Crippen LogP contribution in [0.5, 0.6) is 0 Å². The van der Waals surface area contributed by atoms with Gasteiger partial charge in [0.15, 0.2) is 0 Å². The number of hydrogen-bond donors (Lipinski definition) is 0. The van der Waals surface area contributed by atoms with Crippen LogP contribution in [0.25, 0.3) is 0 Å². The molecule has 0 heterocycles. The fourth-order valence-electron chi connectivity index (χ4n) is 0.591. The maximum atomic E-state index is 5.33. The fourth-order valence-corrected chi connectivity index (χ4v) is 2.69. The minimum atomic E-state index is 0.446. The Labute approximate surface area is 96.7 Å². The second-order valence-corrected chi connectivity index (χ2v) is 6.19. The van der Waals surface area contributed by atoms with Crippen molar-refractivity contribution in [2.75, 3.05) is 12.5 Å². The molecule has 0 radical (unpaired) electrons. The van der Waals surface area contributed by atoms with Crippen LogP contribution in [0.4, 0.5) is 0 Å². The number of rotatable bonds is 6. The lowest BCUT2D eigenvalue weighted by atomic mass is 9.90. The van der Waals surface area contributed by atoms with E-state index in [1.807, 2.05) is 10.6 Å². The summed E-state index contributed by atoms with van der Waals surface area (Å²) in [4.78, 5) is 0. The summed E-state index contributed by atoms with van der Waals surface area (Å²) in [5.74, 6) is 8.00. The summed E-state index contributed by atoms with van der Waals surface area (Å²) in [6, 6.07) is 0. The van der Waals surface area contributed by atoms with Crippen LogP contribution >= 0.6 is 21.4 Å². The van der Waals surface area contributed by atoms with Gasteiger partial charge in [0.25, 0.3) is 0 Å². The molecule has 1 nitrogen and oxygen atoms in total. The molecule has 0 aliphatic heterocycles. The molecular formula is C10H19BOS2. The highest BCUT2D eigenvalue weighted by Crippen LogP contribution is 2.23. The second-order valence-electron chi connectivity index (χ2n) is 3.74. The van der Waals surface area contributed by atoms with Crippen LogP contribution in [0.15, 0.2) is 0 Å². The Kier molecular flexibility index (Phi) is 10.0. The number of hydrogen-bond acceptors (Lipinski definition) is 3. The molecule has 14 heavy (non-hydrogen) atoms. The smallest absolute Gasteiger partial charge is 0.208 e. The summed E-state index contributed by atoms with van der Waals surface area (Å²) >= 11 is 0. The Balaban J connectivity index is 3.11. The molecular weight excluding hydrogens is 211 g/mol. The van der Waals surface area contributed by atoms with Crippen molar-refractivity contribution in [1.29, 1.82) is 0 Å². The molecule has 0 aromatic carbocycles. The fraction of sp³-hybridized carbons (Fsp3) is 0.800. The van der Waals surface area contributed by atoms with Crippen molar-refractivity contribution in [1.82, 2.24) is 0 Å². The lowest BCUT2D eigenvalue weighted by Gasteiger charge is -2.01. The van der Waals surface area contributed by atoms with Crippen molar-refractivity contribution in [2.45, 2.75) is 33.5 Å². The Morgan fingerprint density at radius 3 is 2.57 bits per heavy atom. The molecule has 0 saturated heterocycles. The quantitative estimate of drug-likeness (QED) is 0.228. The molecule has 0 atom stereocenters. The summed E-state index contributed by atoms with van der Waals surface area (Å²) in [5, 5.41) is 0. The van der Waals surface area contributed by atoms with E-state index in [1.165, 1.54) is 6.56 Å².